The fourth-order valence-corrected chi connectivity index (χ4v) is 1.74. The average molecular weight is 302 g/mol. The number of ether oxygens (including phenoxy) is 1. The molecule has 0 aliphatic heterocycles. The lowest BCUT2D eigenvalue weighted by molar-refractivity contribution is 0.217. The minimum atomic E-state index is 0.185. The van der Waals surface area contributed by atoms with Crippen LogP contribution in [0.25, 0.3) is 0 Å². The second kappa shape index (κ2) is 6.99. The Morgan fingerprint density at radius 3 is 2.81 bits per heavy atom. The van der Waals surface area contributed by atoms with Crippen LogP contribution in [-0.4, -0.2) is 21.1 Å². The normalized spacial score (nSPS) is 11.7. The van der Waals surface area contributed by atoms with Crippen LogP contribution in [0.1, 0.15) is 26.0 Å². The molecular weight excluding hydrogens is 284 g/mol. The molecule has 1 aromatic heterocycles. The van der Waals surface area contributed by atoms with Gasteiger partial charge in [0.1, 0.15) is 22.2 Å². The van der Waals surface area contributed by atoms with Gasteiger partial charge in [-0.05, 0) is 25.5 Å². The molecular formula is C15H18N4OS. The van der Waals surface area contributed by atoms with Gasteiger partial charge < -0.3 is 15.8 Å². The van der Waals surface area contributed by atoms with E-state index in [9.17, 15) is 0 Å². The van der Waals surface area contributed by atoms with Crippen molar-refractivity contribution in [3.8, 4) is 5.75 Å². The highest BCUT2D eigenvalue weighted by molar-refractivity contribution is 7.80. The number of benzene rings is 1. The van der Waals surface area contributed by atoms with E-state index in [-0.39, 0.29) is 11.1 Å². The van der Waals surface area contributed by atoms with Crippen molar-refractivity contribution in [2.75, 3.05) is 5.32 Å². The molecule has 1 heterocycles. The molecule has 1 unspecified atom stereocenters. The SMILES string of the molecule is CCC(C)Oc1cccc(Nc2cnc(C(N)=S)cn2)c1. The van der Waals surface area contributed by atoms with Crippen LogP contribution >= 0.6 is 12.2 Å². The van der Waals surface area contributed by atoms with Crippen LogP contribution in [0.15, 0.2) is 36.7 Å². The van der Waals surface area contributed by atoms with Crippen LogP contribution in [0.4, 0.5) is 11.5 Å². The van der Waals surface area contributed by atoms with Gasteiger partial charge in [0.05, 0.1) is 18.5 Å². The van der Waals surface area contributed by atoms with Crippen molar-refractivity contribution in [2.45, 2.75) is 26.4 Å². The lowest BCUT2D eigenvalue weighted by atomic mass is 10.2. The first kappa shape index (κ1) is 15.2. The van der Waals surface area contributed by atoms with Crippen molar-refractivity contribution in [3.05, 3.63) is 42.4 Å². The highest BCUT2D eigenvalue weighted by atomic mass is 32.1. The Kier molecular flexibility index (Phi) is 5.05. The van der Waals surface area contributed by atoms with Crippen molar-refractivity contribution in [1.82, 2.24) is 9.97 Å². The Labute approximate surface area is 129 Å². The van der Waals surface area contributed by atoms with Gasteiger partial charge in [0.2, 0.25) is 0 Å². The van der Waals surface area contributed by atoms with Crippen LogP contribution in [0.3, 0.4) is 0 Å². The van der Waals surface area contributed by atoms with Crippen LogP contribution in [0.2, 0.25) is 0 Å². The lowest BCUT2D eigenvalue weighted by Crippen LogP contribution is -2.12. The molecule has 6 heteroatoms. The Hall–Kier alpha value is -2.21. The van der Waals surface area contributed by atoms with E-state index in [1.165, 1.54) is 0 Å². The van der Waals surface area contributed by atoms with Gasteiger partial charge in [-0.3, -0.25) is 0 Å². The lowest BCUT2D eigenvalue weighted by Gasteiger charge is -2.13. The summed E-state index contributed by atoms with van der Waals surface area (Å²) in [4.78, 5) is 8.59. The van der Waals surface area contributed by atoms with Gasteiger partial charge in [0.15, 0.2) is 0 Å². The molecule has 3 N–H and O–H groups in total. The molecule has 110 valence electrons. The van der Waals surface area contributed by atoms with Gasteiger partial charge in [-0.15, -0.1) is 0 Å². The van der Waals surface area contributed by atoms with Crippen molar-refractivity contribution < 1.29 is 4.74 Å². The van der Waals surface area contributed by atoms with Crippen LogP contribution < -0.4 is 15.8 Å². The third kappa shape index (κ3) is 4.39. The summed E-state index contributed by atoms with van der Waals surface area (Å²) in [6.45, 7) is 4.13. The maximum absolute atomic E-state index is 5.78. The van der Waals surface area contributed by atoms with Crippen LogP contribution in [0.5, 0.6) is 5.75 Å². The van der Waals surface area contributed by atoms with Crippen molar-refractivity contribution in [3.63, 3.8) is 0 Å². The number of hydrogen-bond acceptors (Lipinski definition) is 5. The van der Waals surface area contributed by atoms with E-state index in [1.54, 1.807) is 12.4 Å². The highest BCUT2D eigenvalue weighted by Gasteiger charge is 2.04. The fraction of sp³-hybridized carbons (Fsp3) is 0.267. The molecule has 2 aromatic rings. The van der Waals surface area contributed by atoms with Gasteiger partial charge >= 0.3 is 0 Å². The van der Waals surface area contributed by atoms with Gasteiger partial charge in [0.25, 0.3) is 0 Å². The van der Waals surface area contributed by atoms with Crippen LogP contribution in [-0.2, 0) is 0 Å². The molecule has 0 fully saturated rings. The molecule has 0 aliphatic carbocycles. The topological polar surface area (TPSA) is 73.1 Å². The number of nitrogens with zero attached hydrogens (tertiary/aromatic N) is 2. The standard InChI is InChI=1S/C15H18N4OS/c1-3-10(2)20-12-6-4-5-11(7-12)19-14-9-17-13(8-18-14)15(16)21/h4-10H,3H2,1-2H3,(H2,16,21)(H,18,19). The fourth-order valence-electron chi connectivity index (χ4n) is 1.63. The largest absolute Gasteiger partial charge is 0.491 e. The van der Waals surface area contributed by atoms with Gasteiger partial charge in [-0.25, -0.2) is 9.97 Å². The summed E-state index contributed by atoms with van der Waals surface area (Å²) in [6.07, 6.45) is 4.29. The summed E-state index contributed by atoms with van der Waals surface area (Å²) < 4.78 is 5.78. The maximum atomic E-state index is 5.78. The molecule has 1 aromatic carbocycles. The number of hydrogen-bond donors (Lipinski definition) is 2. The number of thiocarbonyl (C=S) groups is 1. The summed E-state index contributed by atoms with van der Waals surface area (Å²) in [5.41, 5.74) is 6.87. The molecule has 1 atom stereocenters. The summed E-state index contributed by atoms with van der Waals surface area (Å²) in [5, 5.41) is 3.16. The summed E-state index contributed by atoms with van der Waals surface area (Å²) in [7, 11) is 0. The zero-order chi connectivity index (χ0) is 15.2. The maximum Gasteiger partial charge on any atom is 0.148 e. The molecule has 21 heavy (non-hydrogen) atoms. The molecule has 0 radical (unpaired) electrons. The van der Waals surface area contributed by atoms with E-state index < -0.39 is 0 Å². The van der Waals surface area contributed by atoms with E-state index in [0.29, 0.717) is 11.5 Å². The van der Waals surface area contributed by atoms with Crippen molar-refractivity contribution in [1.29, 1.82) is 0 Å². The summed E-state index contributed by atoms with van der Waals surface area (Å²) in [5.74, 6) is 1.44. The quantitative estimate of drug-likeness (QED) is 0.799. The molecule has 0 saturated carbocycles. The highest BCUT2D eigenvalue weighted by Crippen LogP contribution is 2.21. The first-order valence-corrected chi connectivity index (χ1v) is 7.15. The third-order valence-electron chi connectivity index (χ3n) is 2.92. The van der Waals surface area contributed by atoms with Crippen molar-refractivity contribution in [2.24, 2.45) is 5.73 Å². The Morgan fingerprint density at radius 2 is 2.19 bits per heavy atom. The summed E-state index contributed by atoms with van der Waals surface area (Å²) in [6, 6.07) is 7.72. The zero-order valence-electron chi connectivity index (χ0n) is 12.0. The molecule has 2 rings (SSSR count). The molecule has 0 aliphatic rings. The number of anilines is 2. The molecule has 0 saturated heterocycles. The zero-order valence-corrected chi connectivity index (χ0v) is 12.9. The number of nitrogens with one attached hydrogen (secondary N) is 1. The van der Waals surface area contributed by atoms with Gasteiger partial charge in [-0.1, -0.05) is 25.2 Å². The monoisotopic (exact) mass is 302 g/mol. The minimum absolute atomic E-state index is 0.185. The van der Waals surface area contributed by atoms with E-state index in [2.05, 4.69) is 22.2 Å². The molecule has 0 spiro atoms. The van der Waals surface area contributed by atoms with E-state index in [1.807, 2.05) is 31.2 Å². The van der Waals surface area contributed by atoms with E-state index in [0.717, 1.165) is 17.9 Å². The number of nitrogens with two attached hydrogens (primary N) is 1. The van der Waals surface area contributed by atoms with Crippen LogP contribution in [0, 0.1) is 0 Å². The van der Waals surface area contributed by atoms with Gasteiger partial charge in [0, 0.05) is 11.8 Å². The van der Waals surface area contributed by atoms with Crippen molar-refractivity contribution >= 4 is 28.7 Å². The first-order chi connectivity index (χ1) is 10.1. The average Bonchev–Trinajstić information content (AvgIpc) is 2.48. The molecule has 0 amide bonds. The second-order valence-electron chi connectivity index (χ2n) is 4.64. The van der Waals surface area contributed by atoms with E-state index in [4.69, 9.17) is 22.7 Å². The minimum Gasteiger partial charge on any atom is -0.491 e. The first-order valence-electron chi connectivity index (χ1n) is 6.74. The predicted molar refractivity (Wildman–Crippen MR) is 88.0 cm³/mol. The second-order valence-corrected chi connectivity index (χ2v) is 5.08. The Bertz CT molecular complexity index is 615. The van der Waals surface area contributed by atoms with E-state index >= 15 is 0 Å². The third-order valence-corrected chi connectivity index (χ3v) is 3.13. The Morgan fingerprint density at radius 1 is 1.38 bits per heavy atom. The number of rotatable bonds is 6. The molecule has 5 nitrogen and oxygen atoms in total. The van der Waals surface area contributed by atoms with Gasteiger partial charge in [-0.2, -0.15) is 0 Å². The smallest absolute Gasteiger partial charge is 0.148 e. The predicted octanol–water partition coefficient (Wildman–Crippen LogP) is 3.03. The Balaban J connectivity index is 2.08. The summed E-state index contributed by atoms with van der Waals surface area (Å²) >= 11 is 4.84. The molecule has 0 bridgehead atoms. The number of aromatic nitrogens is 2.